The van der Waals surface area contributed by atoms with Crippen LogP contribution in [-0.2, 0) is 32.2 Å². The second-order valence-corrected chi connectivity index (χ2v) is 8.44. The van der Waals surface area contributed by atoms with E-state index >= 15 is 0 Å². The van der Waals surface area contributed by atoms with Crippen molar-refractivity contribution in [3.63, 3.8) is 0 Å². The molecule has 0 fully saturated rings. The summed E-state index contributed by atoms with van der Waals surface area (Å²) in [4.78, 5) is 0. The number of benzene rings is 2. The maximum absolute atomic E-state index is 11.0. The van der Waals surface area contributed by atoms with Crippen molar-refractivity contribution in [2.24, 2.45) is 0 Å². The van der Waals surface area contributed by atoms with Crippen molar-refractivity contribution >= 4 is 10.8 Å². The van der Waals surface area contributed by atoms with Gasteiger partial charge in [0.05, 0.1) is 19.8 Å². The van der Waals surface area contributed by atoms with Crippen molar-refractivity contribution in [2.45, 2.75) is 77.2 Å². The van der Waals surface area contributed by atoms with E-state index in [0.29, 0.717) is 26.4 Å². The van der Waals surface area contributed by atoms with Gasteiger partial charge in [0.25, 0.3) is 0 Å². The van der Waals surface area contributed by atoms with Gasteiger partial charge in [-0.2, -0.15) is 0 Å². The molecule has 0 saturated carbocycles. The number of hydrogen-bond acceptors (Lipinski definition) is 5. The largest absolute Gasteiger partial charge is 0.388 e. The molecular weight excluding hydrogens is 404 g/mol. The van der Waals surface area contributed by atoms with Crippen molar-refractivity contribution in [1.82, 2.24) is 0 Å². The number of aliphatic hydroxyl groups is 1. The molecular formula is C27H38O5. The molecule has 0 saturated heterocycles. The Morgan fingerprint density at radius 2 is 1.72 bits per heavy atom. The van der Waals surface area contributed by atoms with Crippen LogP contribution in [0.25, 0.3) is 10.8 Å². The summed E-state index contributed by atoms with van der Waals surface area (Å²) in [5.74, 6) is 0. The van der Waals surface area contributed by atoms with Gasteiger partial charge in [0, 0.05) is 13.2 Å². The van der Waals surface area contributed by atoms with E-state index in [2.05, 4.69) is 44.7 Å². The summed E-state index contributed by atoms with van der Waals surface area (Å²) in [5.41, 5.74) is 2.15. The van der Waals surface area contributed by atoms with Crippen molar-refractivity contribution in [3.05, 3.63) is 60.2 Å². The molecule has 4 atom stereocenters. The Hall–Kier alpha value is -1.76. The molecule has 1 aliphatic rings. The highest BCUT2D eigenvalue weighted by Crippen LogP contribution is 2.26. The highest BCUT2D eigenvalue weighted by atomic mass is 16.6. The van der Waals surface area contributed by atoms with Crippen LogP contribution < -0.4 is 0 Å². The fraction of sp³-hybridized carbons (Fsp3) is 0.556. The number of fused-ring (bicyclic) bond motifs is 2. The standard InChI is InChI=1S/C27H38O5/c1-4-7-13-30-25(6-3)27-26(31-14-8-5-2)24(28)19-29-17-22-15-20-11-9-10-12-21(20)16-23(22)18-32-27/h6,9-12,15-16,24-28H,3-5,7-8,13-14,17-19H2,1-2H3/t24?,25?,26-,27?/m1/s1. The Morgan fingerprint density at radius 1 is 1.06 bits per heavy atom. The summed E-state index contributed by atoms with van der Waals surface area (Å²) in [6, 6.07) is 12.6. The lowest BCUT2D eigenvalue weighted by molar-refractivity contribution is -0.175. The van der Waals surface area contributed by atoms with Crippen LogP contribution in [0, 0.1) is 0 Å². The van der Waals surface area contributed by atoms with Gasteiger partial charge in [0.1, 0.15) is 24.4 Å². The molecule has 32 heavy (non-hydrogen) atoms. The molecule has 0 aromatic heterocycles. The van der Waals surface area contributed by atoms with Crippen LogP contribution >= 0.6 is 0 Å². The Bertz CT molecular complexity index is 836. The highest BCUT2D eigenvalue weighted by molar-refractivity contribution is 5.84. The van der Waals surface area contributed by atoms with Gasteiger partial charge in [-0.1, -0.05) is 57.0 Å². The second-order valence-electron chi connectivity index (χ2n) is 8.44. The molecule has 0 radical (unpaired) electrons. The molecule has 0 bridgehead atoms. The third kappa shape index (κ3) is 6.63. The first kappa shape index (κ1) is 24.9. The van der Waals surface area contributed by atoms with Crippen LogP contribution in [0.5, 0.6) is 0 Å². The van der Waals surface area contributed by atoms with E-state index in [1.165, 1.54) is 5.39 Å². The lowest BCUT2D eigenvalue weighted by atomic mass is 9.99. The Kier molecular flexibility index (Phi) is 10.2. The summed E-state index contributed by atoms with van der Waals surface area (Å²) < 4.78 is 24.6. The SMILES string of the molecule is C=CC(OCCCC)C1OCc2cc3ccccc3cc2COCC(O)[C@H]1OCCCC. The summed E-state index contributed by atoms with van der Waals surface area (Å²) >= 11 is 0. The first-order valence-corrected chi connectivity index (χ1v) is 11.9. The highest BCUT2D eigenvalue weighted by Gasteiger charge is 2.36. The molecule has 1 N–H and O–H groups in total. The van der Waals surface area contributed by atoms with Gasteiger partial charge in [0.15, 0.2) is 0 Å². The molecule has 1 aliphatic heterocycles. The van der Waals surface area contributed by atoms with Crippen molar-refractivity contribution in [3.8, 4) is 0 Å². The quantitative estimate of drug-likeness (QED) is 0.406. The normalized spacial score (nSPS) is 22.9. The summed E-state index contributed by atoms with van der Waals surface area (Å²) in [6.07, 6.45) is 3.44. The second kappa shape index (κ2) is 13.1. The molecule has 0 amide bonds. The summed E-state index contributed by atoms with van der Waals surface area (Å²) in [6.45, 7) is 10.4. The first-order valence-electron chi connectivity index (χ1n) is 11.9. The zero-order chi connectivity index (χ0) is 22.8. The molecule has 0 spiro atoms. The minimum Gasteiger partial charge on any atom is -0.388 e. The molecule has 5 nitrogen and oxygen atoms in total. The van der Waals surface area contributed by atoms with Crippen LogP contribution in [-0.4, -0.2) is 49.3 Å². The van der Waals surface area contributed by atoms with Gasteiger partial charge in [-0.3, -0.25) is 0 Å². The van der Waals surface area contributed by atoms with E-state index in [1.54, 1.807) is 6.08 Å². The number of rotatable bonds is 10. The van der Waals surface area contributed by atoms with E-state index in [-0.39, 0.29) is 12.7 Å². The van der Waals surface area contributed by atoms with Crippen LogP contribution in [0.15, 0.2) is 49.1 Å². The minimum absolute atomic E-state index is 0.168. The molecule has 2 aromatic carbocycles. The van der Waals surface area contributed by atoms with E-state index < -0.39 is 18.3 Å². The van der Waals surface area contributed by atoms with Gasteiger partial charge >= 0.3 is 0 Å². The Balaban J connectivity index is 1.89. The molecule has 1 heterocycles. The summed E-state index contributed by atoms with van der Waals surface area (Å²) in [7, 11) is 0. The molecule has 2 aromatic rings. The monoisotopic (exact) mass is 442 g/mol. The lowest BCUT2D eigenvalue weighted by Gasteiger charge is -2.35. The number of hydrogen-bond donors (Lipinski definition) is 1. The average Bonchev–Trinajstić information content (AvgIpc) is 2.81. The third-order valence-electron chi connectivity index (χ3n) is 5.92. The van der Waals surface area contributed by atoms with E-state index in [1.807, 2.05) is 12.1 Å². The van der Waals surface area contributed by atoms with Gasteiger partial charge in [-0.05, 0) is 46.9 Å². The minimum atomic E-state index is -0.823. The number of unbranched alkanes of at least 4 members (excludes halogenated alkanes) is 2. The van der Waals surface area contributed by atoms with Crippen molar-refractivity contribution in [1.29, 1.82) is 0 Å². The van der Waals surface area contributed by atoms with Crippen molar-refractivity contribution in [2.75, 3.05) is 19.8 Å². The van der Waals surface area contributed by atoms with Crippen LogP contribution in [0.4, 0.5) is 0 Å². The molecule has 3 rings (SSSR count). The summed E-state index contributed by atoms with van der Waals surface area (Å²) in [5, 5.41) is 13.3. The smallest absolute Gasteiger partial charge is 0.116 e. The fourth-order valence-corrected chi connectivity index (χ4v) is 4.00. The Morgan fingerprint density at radius 3 is 2.38 bits per heavy atom. The first-order chi connectivity index (χ1) is 15.7. The van der Waals surface area contributed by atoms with Crippen LogP contribution in [0.2, 0.25) is 0 Å². The topological polar surface area (TPSA) is 57.2 Å². The maximum Gasteiger partial charge on any atom is 0.116 e. The lowest BCUT2D eigenvalue weighted by Crippen LogP contribution is -2.50. The molecule has 3 unspecified atom stereocenters. The average molecular weight is 443 g/mol. The van der Waals surface area contributed by atoms with Gasteiger partial charge in [-0.25, -0.2) is 0 Å². The zero-order valence-electron chi connectivity index (χ0n) is 19.5. The maximum atomic E-state index is 11.0. The molecule has 5 heteroatoms. The predicted octanol–water partition coefficient (Wildman–Crippen LogP) is 5.17. The number of aliphatic hydroxyl groups excluding tert-OH is 1. The van der Waals surface area contributed by atoms with Gasteiger partial charge < -0.3 is 24.1 Å². The van der Waals surface area contributed by atoms with Gasteiger partial charge in [0.2, 0.25) is 0 Å². The molecule has 176 valence electrons. The third-order valence-corrected chi connectivity index (χ3v) is 5.92. The zero-order valence-corrected chi connectivity index (χ0v) is 19.5. The van der Waals surface area contributed by atoms with E-state index in [9.17, 15) is 5.11 Å². The molecule has 0 aliphatic carbocycles. The van der Waals surface area contributed by atoms with Gasteiger partial charge in [-0.15, -0.1) is 6.58 Å². The van der Waals surface area contributed by atoms with E-state index in [4.69, 9.17) is 18.9 Å². The van der Waals surface area contributed by atoms with E-state index in [0.717, 1.165) is 42.2 Å². The van der Waals surface area contributed by atoms with Crippen LogP contribution in [0.3, 0.4) is 0 Å². The van der Waals surface area contributed by atoms with Crippen LogP contribution in [0.1, 0.15) is 50.7 Å². The van der Waals surface area contributed by atoms with Crippen molar-refractivity contribution < 1.29 is 24.1 Å². The fourth-order valence-electron chi connectivity index (χ4n) is 4.00. The Labute approximate surface area is 192 Å². The number of ether oxygens (including phenoxy) is 4. The predicted molar refractivity (Wildman–Crippen MR) is 128 cm³/mol.